The third-order valence-electron chi connectivity index (χ3n) is 4.00. The molecule has 3 aromatic rings. The van der Waals surface area contributed by atoms with Crippen LogP contribution in [0.3, 0.4) is 0 Å². The highest BCUT2D eigenvalue weighted by Crippen LogP contribution is 2.29. The van der Waals surface area contributed by atoms with Crippen LogP contribution in [0.25, 0.3) is 11.4 Å². The number of halogens is 1. The molecule has 1 saturated heterocycles. The van der Waals surface area contributed by atoms with Gasteiger partial charge < -0.3 is 9.42 Å². The number of benzene rings is 1. The first-order valence-corrected chi connectivity index (χ1v) is 8.58. The molecule has 1 aliphatic heterocycles. The van der Waals surface area contributed by atoms with Gasteiger partial charge in [-0.3, -0.25) is 9.78 Å². The molecule has 1 aromatic carbocycles. The number of amides is 1. The predicted octanol–water partition coefficient (Wildman–Crippen LogP) is 2.98. The van der Waals surface area contributed by atoms with Crippen molar-refractivity contribution in [2.75, 3.05) is 13.1 Å². The van der Waals surface area contributed by atoms with E-state index in [1.165, 1.54) is 0 Å². The summed E-state index contributed by atoms with van der Waals surface area (Å²) in [6.07, 6.45) is 3.38. The fourth-order valence-electron chi connectivity index (χ4n) is 2.62. The molecule has 120 valence electrons. The molecule has 0 unspecified atom stereocenters. The molecule has 0 bridgehead atoms. The van der Waals surface area contributed by atoms with Crippen LogP contribution >= 0.6 is 22.6 Å². The van der Waals surface area contributed by atoms with Crippen LogP contribution in [-0.2, 0) is 0 Å². The molecule has 3 heterocycles. The van der Waals surface area contributed by atoms with Gasteiger partial charge in [-0.15, -0.1) is 0 Å². The number of carbonyl (C=O) groups excluding carboxylic acids is 1. The van der Waals surface area contributed by atoms with Crippen molar-refractivity contribution in [3.63, 3.8) is 0 Å². The van der Waals surface area contributed by atoms with Crippen LogP contribution in [0, 0.1) is 3.57 Å². The Morgan fingerprint density at radius 2 is 1.92 bits per heavy atom. The minimum atomic E-state index is 0.0464. The van der Waals surface area contributed by atoms with Crippen molar-refractivity contribution in [3.8, 4) is 11.4 Å². The normalized spacial score (nSPS) is 14.5. The Morgan fingerprint density at radius 1 is 1.17 bits per heavy atom. The molecule has 2 aromatic heterocycles. The lowest BCUT2D eigenvalue weighted by molar-refractivity contribution is 0.0568. The first kappa shape index (κ1) is 15.3. The lowest BCUT2D eigenvalue weighted by atomic mass is 9.99. The van der Waals surface area contributed by atoms with E-state index in [0.29, 0.717) is 24.8 Å². The Bertz CT molecular complexity index is 875. The van der Waals surface area contributed by atoms with Crippen LogP contribution in [0.2, 0.25) is 0 Å². The van der Waals surface area contributed by atoms with Crippen molar-refractivity contribution in [1.29, 1.82) is 0 Å². The predicted molar refractivity (Wildman–Crippen MR) is 95.3 cm³/mol. The van der Waals surface area contributed by atoms with E-state index in [1.54, 1.807) is 17.3 Å². The third-order valence-corrected chi connectivity index (χ3v) is 4.94. The van der Waals surface area contributed by atoms with E-state index in [9.17, 15) is 4.79 Å². The van der Waals surface area contributed by atoms with Crippen molar-refractivity contribution in [3.05, 3.63) is 63.8 Å². The minimum Gasteiger partial charge on any atom is -0.339 e. The van der Waals surface area contributed by atoms with Gasteiger partial charge in [0.1, 0.15) is 0 Å². The van der Waals surface area contributed by atoms with Gasteiger partial charge in [-0.2, -0.15) is 4.98 Å². The SMILES string of the molecule is O=C(c1ccccc1I)N1CC(c2nc(-c3ccncc3)no2)C1. The lowest BCUT2D eigenvalue weighted by Crippen LogP contribution is -2.48. The van der Waals surface area contributed by atoms with Crippen molar-refractivity contribution in [2.45, 2.75) is 5.92 Å². The van der Waals surface area contributed by atoms with Gasteiger partial charge in [0, 0.05) is 34.6 Å². The maximum Gasteiger partial charge on any atom is 0.254 e. The third kappa shape index (κ3) is 2.79. The Kier molecular flexibility index (Phi) is 4.01. The highest BCUT2D eigenvalue weighted by Gasteiger charge is 2.36. The quantitative estimate of drug-likeness (QED) is 0.596. The summed E-state index contributed by atoms with van der Waals surface area (Å²) in [5, 5.41) is 4.01. The highest BCUT2D eigenvalue weighted by molar-refractivity contribution is 14.1. The molecule has 0 radical (unpaired) electrons. The van der Waals surface area contributed by atoms with Crippen LogP contribution in [0.1, 0.15) is 22.2 Å². The first-order chi connectivity index (χ1) is 11.7. The molecular weight excluding hydrogens is 419 g/mol. The number of hydrogen-bond acceptors (Lipinski definition) is 5. The summed E-state index contributed by atoms with van der Waals surface area (Å²) in [4.78, 5) is 22.7. The van der Waals surface area contributed by atoms with Gasteiger partial charge in [-0.1, -0.05) is 17.3 Å². The van der Waals surface area contributed by atoms with Crippen LogP contribution in [-0.4, -0.2) is 39.0 Å². The van der Waals surface area contributed by atoms with E-state index in [1.807, 2.05) is 36.4 Å². The average Bonchev–Trinajstić information content (AvgIpc) is 3.04. The van der Waals surface area contributed by atoms with Crippen LogP contribution in [0.5, 0.6) is 0 Å². The number of likely N-dealkylation sites (tertiary alicyclic amines) is 1. The van der Waals surface area contributed by atoms with Gasteiger partial charge >= 0.3 is 0 Å². The largest absolute Gasteiger partial charge is 0.339 e. The summed E-state index contributed by atoms with van der Waals surface area (Å²) in [7, 11) is 0. The fourth-order valence-corrected chi connectivity index (χ4v) is 3.24. The summed E-state index contributed by atoms with van der Waals surface area (Å²) in [6, 6.07) is 11.3. The van der Waals surface area contributed by atoms with E-state index in [0.717, 1.165) is 14.7 Å². The molecule has 6 nitrogen and oxygen atoms in total. The zero-order valence-electron chi connectivity index (χ0n) is 12.6. The van der Waals surface area contributed by atoms with Gasteiger partial charge in [-0.05, 0) is 46.9 Å². The number of rotatable bonds is 3. The Balaban J connectivity index is 1.44. The second-order valence-electron chi connectivity index (χ2n) is 5.58. The molecule has 1 fully saturated rings. The van der Waals surface area contributed by atoms with E-state index in [4.69, 9.17) is 4.52 Å². The number of aromatic nitrogens is 3. The molecule has 1 amide bonds. The zero-order chi connectivity index (χ0) is 16.5. The summed E-state index contributed by atoms with van der Waals surface area (Å²) in [6.45, 7) is 1.20. The number of hydrogen-bond donors (Lipinski definition) is 0. The first-order valence-electron chi connectivity index (χ1n) is 7.50. The van der Waals surface area contributed by atoms with Gasteiger partial charge in [0.05, 0.1) is 11.5 Å². The average molecular weight is 432 g/mol. The molecular formula is C17H13IN4O2. The monoisotopic (exact) mass is 432 g/mol. The standard InChI is InChI=1S/C17H13IN4O2/c18-14-4-2-1-3-13(14)17(23)22-9-12(10-22)16-20-15(21-24-16)11-5-7-19-8-6-11/h1-8,12H,9-10H2. The smallest absolute Gasteiger partial charge is 0.254 e. The van der Waals surface area contributed by atoms with E-state index in [-0.39, 0.29) is 11.8 Å². The summed E-state index contributed by atoms with van der Waals surface area (Å²) in [5.41, 5.74) is 1.60. The van der Waals surface area contributed by atoms with Crippen LogP contribution in [0.15, 0.2) is 53.3 Å². The fraction of sp³-hybridized carbons (Fsp3) is 0.176. The van der Waals surface area contributed by atoms with E-state index < -0.39 is 0 Å². The number of pyridine rings is 1. The Labute approximate surface area is 152 Å². The summed E-state index contributed by atoms with van der Waals surface area (Å²) in [5.74, 6) is 1.27. The minimum absolute atomic E-state index is 0.0464. The maximum absolute atomic E-state index is 12.5. The van der Waals surface area contributed by atoms with Crippen LogP contribution < -0.4 is 0 Å². The number of carbonyl (C=O) groups is 1. The second kappa shape index (κ2) is 6.31. The zero-order valence-corrected chi connectivity index (χ0v) is 14.8. The van der Waals surface area contributed by atoms with Gasteiger partial charge in [0.25, 0.3) is 5.91 Å². The van der Waals surface area contributed by atoms with Crippen molar-refractivity contribution >= 4 is 28.5 Å². The summed E-state index contributed by atoms with van der Waals surface area (Å²) >= 11 is 2.18. The second-order valence-corrected chi connectivity index (χ2v) is 6.74. The van der Waals surface area contributed by atoms with Gasteiger partial charge in [0.2, 0.25) is 11.7 Å². The molecule has 0 saturated carbocycles. The van der Waals surface area contributed by atoms with Crippen LogP contribution in [0.4, 0.5) is 0 Å². The van der Waals surface area contributed by atoms with E-state index >= 15 is 0 Å². The molecule has 24 heavy (non-hydrogen) atoms. The lowest BCUT2D eigenvalue weighted by Gasteiger charge is -2.37. The van der Waals surface area contributed by atoms with Gasteiger partial charge in [-0.25, -0.2) is 0 Å². The molecule has 0 atom stereocenters. The molecule has 0 aliphatic carbocycles. The van der Waals surface area contributed by atoms with Gasteiger partial charge in [0.15, 0.2) is 0 Å². The molecule has 0 N–H and O–H groups in total. The topological polar surface area (TPSA) is 72.1 Å². The molecule has 0 spiro atoms. The Hall–Kier alpha value is -2.29. The number of nitrogens with zero attached hydrogens (tertiary/aromatic N) is 4. The summed E-state index contributed by atoms with van der Waals surface area (Å²) < 4.78 is 6.32. The maximum atomic E-state index is 12.5. The molecule has 1 aliphatic rings. The Morgan fingerprint density at radius 3 is 2.67 bits per heavy atom. The van der Waals surface area contributed by atoms with Crippen molar-refractivity contribution in [2.24, 2.45) is 0 Å². The van der Waals surface area contributed by atoms with Crippen molar-refractivity contribution < 1.29 is 9.32 Å². The molecule has 7 heteroatoms. The highest BCUT2D eigenvalue weighted by atomic mass is 127. The molecule has 4 rings (SSSR count). The van der Waals surface area contributed by atoms with Crippen molar-refractivity contribution in [1.82, 2.24) is 20.0 Å². The van der Waals surface area contributed by atoms with E-state index in [2.05, 4.69) is 37.7 Å².